The molecule has 190 valence electrons. The Morgan fingerprint density at radius 1 is 1.08 bits per heavy atom. The van der Waals surface area contributed by atoms with E-state index < -0.39 is 35.1 Å². The van der Waals surface area contributed by atoms with E-state index in [2.05, 4.69) is 15.0 Å². The quantitative estimate of drug-likeness (QED) is 0.287. The number of methoxy groups -OCH3 is 1. The third-order valence-electron chi connectivity index (χ3n) is 5.74. The number of amides is 1. The Morgan fingerprint density at radius 3 is 2.31 bits per heavy atom. The molecule has 0 aliphatic heterocycles. The second-order valence-corrected chi connectivity index (χ2v) is 8.79. The van der Waals surface area contributed by atoms with Crippen LogP contribution in [0.5, 0.6) is 0 Å². The van der Waals surface area contributed by atoms with Gasteiger partial charge >= 0.3 is 12.1 Å². The lowest BCUT2D eigenvalue weighted by Crippen LogP contribution is -2.46. The predicted molar refractivity (Wildman–Crippen MR) is 129 cm³/mol. The fourth-order valence-corrected chi connectivity index (χ4v) is 4.21. The van der Waals surface area contributed by atoms with Crippen LogP contribution < -0.4 is 5.32 Å². The molecule has 0 radical (unpaired) electrons. The molecule has 2 atom stereocenters. The van der Waals surface area contributed by atoms with Crippen molar-refractivity contribution in [3.63, 3.8) is 0 Å². The van der Waals surface area contributed by atoms with Gasteiger partial charge in [-0.25, -0.2) is 4.98 Å². The third kappa shape index (κ3) is 5.80. The first kappa shape index (κ1) is 27.4. The lowest BCUT2D eigenvalue weighted by molar-refractivity contribution is -0.274. The number of carbonyl (C=O) groups excluding carboxylic acids is 2. The van der Waals surface area contributed by atoms with Gasteiger partial charge in [0.25, 0.3) is 5.91 Å². The fraction of sp³-hybridized carbons (Fsp3) is 0.240. The normalized spacial score (nSPS) is 14.0. The van der Waals surface area contributed by atoms with E-state index in [0.717, 1.165) is 18.3 Å². The van der Waals surface area contributed by atoms with Gasteiger partial charge in [-0.1, -0.05) is 48.3 Å². The van der Waals surface area contributed by atoms with Crippen LogP contribution in [-0.4, -0.2) is 35.3 Å². The summed E-state index contributed by atoms with van der Waals surface area (Å²) in [5, 5.41) is 13.2. The molecule has 36 heavy (non-hydrogen) atoms. The van der Waals surface area contributed by atoms with E-state index in [0.29, 0.717) is 11.3 Å². The average Bonchev–Trinajstić information content (AvgIpc) is 2.83. The van der Waals surface area contributed by atoms with Gasteiger partial charge in [0.05, 0.1) is 13.5 Å². The maximum absolute atomic E-state index is 14.1. The van der Waals surface area contributed by atoms with Gasteiger partial charge < -0.3 is 15.2 Å². The number of aliphatic hydroxyl groups is 1. The molecule has 0 bridgehead atoms. The van der Waals surface area contributed by atoms with Crippen LogP contribution in [0.2, 0.25) is 10.2 Å². The molecule has 1 amide bonds. The van der Waals surface area contributed by atoms with Gasteiger partial charge in [0.2, 0.25) is 0 Å². The summed E-state index contributed by atoms with van der Waals surface area (Å²) in [5.74, 6) is -2.51. The molecular formula is C25H21Cl2F3N2O4. The van der Waals surface area contributed by atoms with Crippen LogP contribution in [0.4, 0.5) is 18.9 Å². The zero-order chi connectivity index (χ0) is 26.7. The maximum atomic E-state index is 14.1. The zero-order valence-corrected chi connectivity index (χ0v) is 20.6. The molecule has 3 aromatic rings. The smallest absolute Gasteiger partial charge is 0.422 e. The van der Waals surface area contributed by atoms with Gasteiger partial charge in [-0.15, -0.1) is 0 Å². The maximum Gasteiger partial charge on any atom is 0.422 e. The van der Waals surface area contributed by atoms with Crippen molar-refractivity contribution in [3.8, 4) is 0 Å². The number of ether oxygens (including phenoxy) is 1. The SMILES string of the molecule is COC(=O)Cc1ccc(NC(=O)c2ccc(C(C)C(O)(c3ccnc(Cl)c3)C(F)(F)F)c(Cl)c2)cc1. The number of esters is 1. The van der Waals surface area contributed by atoms with Crippen LogP contribution in [0.15, 0.2) is 60.8 Å². The highest BCUT2D eigenvalue weighted by molar-refractivity contribution is 6.32. The number of halogens is 5. The molecule has 0 saturated heterocycles. The molecule has 1 heterocycles. The molecular weight excluding hydrogens is 520 g/mol. The van der Waals surface area contributed by atoms with Crippen molar-refractivity contribution in [2.75, 3.05) is 12.4 Å². The largest absolute Gasteiger partial charge is 0.469 e. The minimum absolute atomic E-state index is 0.0202. The number of hydrogen-bond acceptors (Lipinski definition) is 5. The Morgan fingerprint density at radius 2 is 1.75 bits per heavy atom. The summed E-state index contributed by atoms with van der Waals surface area (Å²) >= 11 is 12.1. The van der Waals surface area contributed by atoms with Crippen molar-refractivity contribution < 1.29 is 32.6 Å². The van der Waals surface area contributed by atoms with Crippen LogP contribution in [0.1, 0.15) is 39.9 Å². The predicted octanol–water partition coefficient (Wildman–Crippen LogP) is 5.91. The van der Waals surface area contributed by atoms with E-state index in [4.69, 9.17) is 23.2 Å². The summed E-state index contributed by atoms with van der Waals surface area (Å²) in [7, 11) is 1.28. The highest BCUT2D eigenvalue weighted by atomic mass is 35.5. The summed E-state index contributed by atoms with van der Waals surface area (Å²) in [5.41, 5.74) is -2.61. The molecule has 1 aromatic heterocycles. The summed E-state index contributed by atoms with van der Waals surface area (Å²) in [6.45, 7) is 1.18. The van der Waals surface area contributed by atoms with Crippen LogP contribution in [0, 0.1) is 0 Å². The Hall–Kier alpha value is -3.14. The summed E-state index contributed by atoms with van der Waals surface area (Å²) in [6.07, 6.45) is -3.93. The lowest BCUT2D eigenvalue weighted by Gasteiger charge is -2.37. The van der Waals surface area contributed by atoms with E-state index in [1.54, 1.807) is 24.3 Å². The first-order valence-electron chi connectivity index (χ1n) is 10.5. The van der Waals surface area contributed by atoms with E-state index >= 15 is 0 Å². The number of pyridine rings is 1. The first-order chi connectivity index (χ1) is 16.9. The van der Waals surface area contributed by atoms with E-state index in [9.17, 15) is 27.9 Å². The average molecular weight is 541 g/mol. The Labute approximate surface area is 215 Å². The van der Waals surface area contributed by atoms with Crippen LogP contribution in [-0.2, 0) is 21.6 Å². The Balaban J connectivity index is 1.84. The number of carbonyl (C=O) groups is 2. The van der Waals surface area contributed by atoms with E-state index in [1.807, 2.05) is 0 Å². The van der Waals surface area contributed by atoms with Crippen molar-refractivity contribution in [3.05, 3.63) is 93.2 Å². The number of hydrogen-bond donors (Lipinski definition) is 2. The summed E-state index contributed by atoms with van der Waals surface area (Å²) < 4.78 is 46.9. The van der Waals surface area contributed by atoms with Crippen molar-refractivity contribution in [2.45, 2.75) is 31.0 Å². The molecule has 0 aliphatic carbocycles. The summed E-state index contributed by atoms with van der Waals surface area (Å²) in [4.78, 5) is 27.7. The second-order valence-electron chi connectivity index (χ2n) is 7.99. The van der Waals surface area contributed by atoms with Gasteiger partial charge in [-0.3, -0.25) is 9.59 Å². The van der Waals surface area contributed by atoms with Crippen LogP contribution >= 0.6 is 23.2 Å². The van der Waals surface area contributed by atoms with E-state index in [-0.39, 0.29) is 27.7 Å². The number of aromatic nitrogens is 1. The Bertz CT molecular complexity index is 1270. The standard InChI is InChI=1S/C25H21Cl2F3N2O4/c1-14(24(35,25(28,29)30)17-9-10-31-21(27)13-17)19-8-5-16(12-20(19)26)23(34)32-18-6-3-15(4-7-18)11-22(33)36-2/h3-10,12-14,35H,11H2,1-2H3,(H,32,34). The molecule has 0 aliphatic rings. The first-order valence-corrected chi connectivity index (χ1v) is 11.3. The fourth-order valence-electron chi connectivity index (χ4n) is 3.69. The molecule has 2 N–H and O–H groups in total. The van der Waals surface area contributed by atoms with E-state index in [1.165, 1.54) is 32.2 Å². The number of rotatable bonds is 7. The van der Waals surface area contributed by atoms with Gasteiger partial charge in [-0.2, -0.15) is 13.2 Å². The highest BCUT2D eigenvalue weighted by Gasteiger charge is 2.59. The van der Waals surface area contributed by atoms with Gasteiger partial charge in [0.15, 0.2) is 5.60 Å². The molecule has 3 rings (SSSR count). The monoisotopic (exact) mass is 540 g/mol. The number of benzene rings is 2. The topological polar surface area (TPSA) is 88.5 Å². The molecule has 0 fully saturated rings. The van der Waals surface area contributed by atoms with Gasteiger partial charge in [0.1, 0.15) is 5.15 Å². The van der Waals surface area contributed by atoms with Crippen molar-refractivity contribution in [1.29, 1.82) is 0 Å². The molecule has 2 aromatic carbocycles. The second kappa shape index (κ2) is 10.9. The highest BCUT2D eigenvalue weighted by Crippen LogP contribution is 2.50. The van der Waals surface area contributed by atoms with Crippen LogP contribution in [0.25, 0.3) is 0 Å². The minimum atomic E-state index is -5.07. The van der Waals surface area contributed by atoms with Crippen molar-refractivity contribution in [2.24, 2.45) is 0 Å². The van der Waals surface area contributed by atoms with Crippen molar-refractivity contribution in [1.82, 2.24) is 4.98 Å². The van der Waals surface area contributed by atoms with Crippen LogP contribution in [0.3, 0.4) is 0 Å². The third-order valence-corrected chi connectivity index (χ3v) is 6.28. The Kier molecular flexibility index (Phi) is 8.28. The molecule has 6 nitrogen and oxygen atoms in total. The molecule has 0 saturated carbocycles. The summed E-state index contributed by atoms with van der Waals surface area (Å²) in [6, 6.07) is 12.3. The van der Waals surface area contributed by atoms with Gasteiger partial charge in [0, 0.05) is 28.4 Å². The number of anilines is 1. The number of nitrogens with zero attached hydrogens (tertiary/aromatic N) is 1. The number of alkyl halides is 3. The molecule has 2 unspecified atom stereocenters. The number of nitrogens with one attached hydrogen (secondary N) is 1. The van der Waals surface area contributed by atoms with Gasteiger partial charge in [-0.05, 0) is 53.1 Å². The van der Waals surface area contributed by atoms with Crippen molar-refractivity contribution >= 4 is 40.8 Å². The lowest BCUT2D eigenvalue weighted by atomic mass is 9.78. The minimum Gasteiger partial charge on any atom is -0.469 e. The zero-order valence-electron chi connectivity index (χ0n) is 19.1. The molecule has 11 heteroatoms. The molecule has 0 spiro atoms.